The summed E-state index contributed by atoms with van der Waals surface area (Å²) in [5.74, 6) is -0.334. The Balaban J connectivity index is 1.47. The van der Waals surface area contributed by atoms with Crippen LogP contribution in [0.25, 0.3) is 0 Å². The van der Waals surface area contributed by atoms with Crippen LogP contribution >= 0.6 is 0 Å². The van der Waals surface area contributed by atoms with Crippen LogP contribution < -0.4 is 10.2 Å². The van der Waals surface area contributed by atoms with Gasteiger partial charge in [-0.1, -0.05) is 0 Å². The van der Waals surface area contributed by atoms with Crippen LogP contribution in [0.1, 0.15) is 19.8 Å². The third-order valence-electron chi connectivity index (χ3n) is 5.02. The third-order valence-corrected chi connectivity index (χ3v) is 5.02. The summed E-state index contributed by atoms with van der Waals surface area (Å²) < 4.78 is 10.5. The molecule has 2 aliphatic rings. The van der Waals surface area contributed by atoms with Crippen LogP contribution in [0.4, 0.5) is 11.4 Å². The minimum Gasteiger partial charge on any atom is -0.466 e. The van der Waals surface area contributed by atoms with Crippen molar-refractivity contribution < 1.29 is 19.1 Å². The summed E-state index contributed by atoms with van der Waals surface area (Å²) in [4.78, 5) is 28.6. The van der Waals surface area contributed by atoms with Gasteiger partial charge in [0.25, 0.3) is 0 Å². The number of benzene rings is 1. The maximum Gasteiger partial charge on any atom is 0.310 e. The zero-order valence-corrected chi connectivity index (χ0v) is 16.0. The average Bonchev–Trinajstić information content (AvgIpc) is 2.69. The van der Waals surface area contributed by atoms with E-state index in [-0.39, 0.29) is 17.8 Å². The molecule has 2 heterocycles. The number of nitrogens with one attached hydrogen (secondary N) is 1. The molecular weight excluding hydrogens is 346 g/mol. The molecule has 0 aromatic heterocycles. The van der Waals surface area contributed by atoms with Gasteiger partial charge in [-0.2, -0.15) is 0 Å². The monoisotopic (exact) mass is 375 g/mol. The van der Waals surface area contributed by atoms with E-state index in [1.165, 1.54) is 0 Å². The summed E-state index contributed by atoms with van der Waals surface area (Å²) >= 11 is 0. The third kappa shape index (κ3) is 5.68. The summed E-state index contributed by atoms with van der Waals surface area (Å²) in [5, 5.41) is 2.95. The molecule has 1 amide bonds. The Labute approximate surface area is 160 Å². The second-order valence-electron chi connectivity index (χ2n) is 7.02. The van der Waals surface area contributed by atoms with Crippen molar-refractivity contribution in [2.75, 3.05) is 62.8 Å². The lowest BCUT2D eigenvalue weighted by Crippen LogP contribution is -2.43. The average molecular weight is 375 g/mol. The van der Waals surface area contributed by atoms with E-state index in [9.17, 15) is 9.59 Å². The summed E-state index contributed by atoms with van der Waals surface area (Å²) in [6.45, 7) is 7.21. The van der Waals surface area contributed by atoms with Gasteiger partial charge in [0.2, 0.25) is 5.91 Å². The van der Waals surface area contributed by atoms with Crippen LogP contribution in [0.3, 0.4) is 0 Å². The Morgan fingerprint density at radius 2 is 1.93 bits per heavy atom. The molecule has 0 aliphatic carbocycles. The molecular formula is C20H29N3O4. The first kappa shape index (κ1) is 19.6. The fourth-order valence-corrected chi connectivity index (χ4v) is 3.63. The number of rotatable bonds is 6. The largest absolute Gasteiger partial charge is 0.466 e. The number of amides is 1. The van der Waals surface area contributed by atoms with E-state index in [2.05, 4.69) is 10.2 Å². The molecule has 1 atom stereocenters. The molecule has 2 saturated heterocycles. The molecule has 1 aromatic carbocycles. The molecule has 0 bridgehead atoms. The fraction of sp³-hybridized carbons (Fsp3) is 0.600. The number of hydrogen-bond acceptors (Lipinski definition) is 6. The number of likely N-dealkylation sites (tertiary alicyclic amines) is 1. The molecule has 0 unspecified atom stereocenters. The number of carbonyl (C=O) groups excluding carboxylic acids is 2. The predicted octanol–water partition coefficient (Wildman–Crippen LogP) is 1.74. The summed E-state index contributed by atoms with van der Waals surface area (Å²) in [5.41, 5.74) is 1.93. The Bertz CT molecular complexity index is 629. The predicted molar refractivity (Wildman–Crippen MR) is 104 cm³/mol. The molecule has 3 rings (SSSR count). The highest BCUT2D eigenvalue weighted by molar-refractivity contribution is 5.92. The van der Waals surface area contributed by atoms with E-state index in [4.69, 9.17) is 9.47 Å². The van der Waals surface area contributed by atoms with E-state index >= 15 is 0 Å². The molecule has 1 N–H and O–H groups in total. The molecule has 148 valence electrons. The molecule has 0 radical (unpaired) electrons. The van der Waals surface area contributed by atoms with Gasteiger partial charge in [0, 0.05) is 31.0 Å². The number of morpholine rings is 1. The number of ether oxygens (including phenoxy) is 2. The lowest BCUT2D eigenvalue weighted by Gasteiger charge is -2.31. The van der Waals surface area contributed by atoms with Crippen molar-refractivity contribution in [1.29, 1.82) is 0 Å². The van der Waals surface area contributed by atoms with Gasteiger partial charge in [-0.25, -0.2) is 0 Å². The maximum absolute atomic E-state index is 12.4. The molecule has 27 heavy (non-hydrogen) atoms. The highest BCUT2D eigenvalue weighted by Crippen LogP contribution is 2.20. The van der Waals surface area contributed by atoms with Crippen LogP contribution in [0, 0.1) is 5.92 Å². The zero-order valence-electron chi connectivity index (χ0n) is 16.0. The standard InChI is InChI=1S/C20H29N3O4/c1-2-27-20(25)16-4-3-9-22(14-16)15-19(24)21-17-5-7-18(8-6-17)23-10-12-26-13-11-23/h5-8,16H,2-4,9-15H2,1H3,(H,21,24)/t16-/m0/s1. The molecule has 0 spiro atoms. The quantitative estimate of drug-likeness (QED) is 0.764. The molecule has 2 fully saturated rings. The first-order valence-corrected chi connectivity index (χ1v) is 9.77. The lowest BCUT2D eigenvalue weighted by atomic mass is 9.98. The number of carbonyl (C=O) groups is 2. The topological polar surface area (TPSA) is 71.1 Å². The minimum atomic E-state index is -0.152. The van der Waals surface area contributed by atoms with E-state index in [0.29, 0.717) is 19.7 Å². The molecule has 7 heteroatoms. The van der Waals surface area contributed by atoms with Crippen LogP contribution in [0.15, 0.2) is 24.3 Å². The van der Waals surface area contributed by atoms with Crippen molar-refractivity contribution in [3.05, 3.63) is 24.3 Å². The smallest absolute Gasteiger partial charge is 0.310 e. The van der Waals surface area contributed by atoms with Gasteiger partial charge >= 0.3 is 5.97 Å². The van der Waals surface area contributed by atoms with E-state index < -0.39 is 0 Å². The van der Waals surface area contributed by atoms with Gasteiger partial charge in [-0.3, -0.25) is 14.5 Å². The Morgan fingerprint density at radius 1 is 1.19 bits per heavy atom. The molecule has 0 saturated carbocycles. The van der Waals surface area contributed by atoms with Crippen molar-refractivity contribution in [2.45, 2.75) is 19.8 Å². The maximum atomic E-state index is 12.4. The number of piperidine rings is 1. The normalized spacial score (nSPS) is 20.9. The summed E-state index contributed by atoms with van der Waals surface area (Å²) in [6, 6.07) is 7.91. The number of nitrogens with zero attached hydrogens (tertiary/aromatic N) is 2. The van der Waals surface area contributed by atoms with Gasteiger partial charge in [-0.15, -0.1) is 0 Å². The Hall–Kier alpha value is -2.12. The lowest BCUT2D eigenvalue weighted by molar-refractivity contribution is -0.150. The summed E-state index contributed by atoms with van der Waals surface area (Å²) in [6.07, 6.45) is 1.74. The molecule has 7 nitrogen and oxygen atoms in total. The minimum absolute atomic E-state index is 0.0568. The second-order valence-corrected chi connectivity index (χ2v) is 7.02. The zero-order chi connectivity index (χ0) is 19.1. The summed E-state index contributed by atoms with van der Waals surface area (Å²) in [7, 11) is 0. The van der Waals surface area contributed by atoms with Gasteiger partial charge in [0.1, 0.15) is 0 Å². The van der Waals surface area contributed by atoms with E-state index in [1.807, 2.05) is 36.1 Å². The van der Waals surface area contributed by atoms with Crippen molar-refractivity contribution in [3.8, 4) is 0 Å². The molecule has 2 aliphatic heterocycles. The van der Waals surface area contributed by atoms with Crippen molar-refractivity contribution >= 4 is 23.3 Å². The van der Waals surface area contributed by atoms with Crippen LogP contribution in [-0.4, -0.2) is 69.3 Å². The fourth-order valence-electron chi connectivity index (χ4n) is 3.63. The van der Waals surface area contributed by atoms with E-state index in [0.717, 1.165) is 57.1 Å². The molecule has 1 aromatic rings. The van der Waals surface area contributed by atoms with Gasteiger partial charge < -0.3 is 19.7 Å². The van der Waals surface area contributed by atoms with Crippen molar-refractivity contribution in [2.24, 2.45) is 5.92 Å². The van der Waals surface area contributed by atoms with Crippen LogP contribution in [-0.2, 0) is 19.1 Å². The van der Waals surface area contributed by atoms with Gasteiger partial charge in [0.05, 0.1) is 32.3 Å². The number of hydrogen-bond donors (Lipinski definition) is 1. The van der Waals surface area contributed by atoms with Gasteiger partial charge in [-0.05, 0) is 50.6 Å². The van der Waals surface area contributed by atoms with Crippen LogP contribution in [0.5, 0.6) is 0 Å². The number of anilines is 2. The first-order chi connectivity index (χ1) is 13.2. The highest BCUT2D eigenvalue weighted by Gasteiger charge is 2.27. The SMILES string of the molecule is CCOC(=O)[C@H]1CCCN(CC(=O)Nc2ccc(N3CCOCC3)cc2)C1. The Kier molecular flexibility index (Phi) is 7.06. The van der Waals surface area contributed by atoms with Crippen molar-refractivity contribution in [3.63, 3.8) is 0 Å². The van der Waals surface area contributed by atoms with Gasteiger partial charge in [0.15, 0.2) is 0 Å². The van der Waals surface area contributed by atoms with Crippen LogP contribution in [0.2, 0.25) is 0 Å². The Morgan fingerprint density at radius 3 is 2.63 bits per heavy atom. The first-order valence-electron chi connectivity index (χ1n) is 9.77. The van der Waals surface area contributed by atoms with E-state index in [1.54, 1.807) is 0 Å². The highest BCUT2D eigenvalue weighted by atomic mass is 16.5. The second kappa shape index (κ2) is 9.71. The number of esters is 1. The van der Waals surface area contributed by atoms with Crippen molar-refractivity contribution in [1.82, 2.24) is 4.90 Å².